The fourth-order valence-corrected chi connectivity index (χ4v) is 2.39. The number of aromatic nitrogens is 1. The number of ether oxygens (including phenoxy) is 1. The minimum atomic E-state index is 0.0789. The number of rotatable bonds is 7. The van der Waals surface area contributed by atoms with Gasteiger partial charge in [-0.25, -0.2) is 0 Å². The Kier molecular flexibility index (Phi) is 5.47. The molecule has 1 aromatic rings. The third-order valence-electron chi connectivity index (χ3n) is 3.39. The average Bonchev–Trinajstić information content (AvgIpc) is 2.91. The van der Waals surface area contributed by atoms with Crippen molar-refractivity contribution >= 4 is 11.5 Å². The zero-order chi connectivity index (χ0) is 14.4. The highest BCUT2D eigenvalue weighted by Crippen LogP contribution is 2.21. The standard InChI is InChI=1S/C15H26N4O/c1-12(2)20-15-13(16)6-7-14(18-15)17-8-5-11-19-9-3-4-10-19/h6-7,12H,3-5,8-11,16H2,1-2H3,(H,17,18). The largest absolute Gasteiger partial charge is 0.473 e. The van der Waals surface area contributed by atoms with Gasteiger partial charge in [-0.2, -0.15) is 4.98 Å². The van der Waals surface area contributed by atoms with E-state index in [9.17, 15) is 0 Å². The Balaban J connectivity index is 1.77. The van der Waals surface area contributed by atoms with Crippen molar-refractivity contribution in [1.82, 2.24) is 9.88 Å². The summed E-state index contributed by atoms with van der Waals surface area (Å²) in [5, 5.41) is 3.34. The molecule has 0 aliphatic carbocycles. The molecule has 1 aromatic heterocycles. The van der Waals surface area contributed by atoms with Crippen molar-refractivity contribution in [2.75, 3.05) is 37.2 Å². The highest BCUT2D eigenvalue weighted by molar-refractivity contribution is 5.53. The van der Waals surface area contributed by atoms with E-state index >= 15 is 0 Å². The minimum Gasteiger partial charge on any atom is -0.473 e. The van der Waals surface area contributed by atoms with Crippen LogP contribution < -0.4 is 15.8 Å². The van der Waals surface area contributed by atoms with Gasteiger partial charge in [0.15, 0.2) is 0 Å². The number of nitrogen functional groups attached to an aromatic ring is 1. The highest BCUT2D eigenvalue weighted by Gasteiger charge is 2.10. The summed E-state index contributed by atoms with van der Waals surface area (Å²) in [6, 6.07) is 3.74. The molecule has 0 saturated carbocycles. The number of likely N-dealkylation sites (tertiary alicyclic amines) is 1. The van der Waals surface area contributed by atoms with Crippen molar-refractivity contribution in [3.63, 3.8) is 0 Å². The topological polar surface area (TPSA) is 63.4 Å². The van der Waals surface area contributed by atoms with E-state index in [1.807, 2.05) is 26.0 Å². The third kappa shape index (κ3) is 4.56. The molecule has 1 fully saturated rings. The molecule has 20 heavy (non-hydrogen) atoms. The maximum atomic E-state index is 5.85. The molecule has 5 nitrogen and oxygen atoms in total. The monoisotopic (exact) mass is 278 g/mol. The predicted molar refractivity (Wildman–Crippen MR) is 83.2 cm³/mol. The van der Waals surface area contributed by atoms with E-state index in [1.54, 1.807) is 0 Å². The molecule has 2 heterocycles. The molecule has 0 amide bonds. The first-order valence-corrected chi connectivity index (χ1v) is 7.54. The summed E-state index contributed by atoms with van der Waals surface area (Å²) in [5.41, 5.74) is 6.44. The van der Waals surface area contributed by atoms with E-state index < -0.39 is 0 Å². The number of anilines is 2. The van der Waals surface area contributed by atoms with Crippen molar-refractivity contribution in [3.8, 4) is 5.88 Å². The van der Waals surface area contributed by atoms with Crippen molar-refractivity contribution in [1.29, 1.82) is 0 Å². The second kappa shape index (κ2) is 7.33. The second-order valence-corrected chi connectivity index (χ2v) is 5.59. The van der Waals surface area contributed by atoms with E-state index in [2.05, 4.69) is 15.2 Å². The number of pyridine rings is 1. The summed E-state index contributed by atoms with van der Waals surface area (Å²) in [6.45, 7) is 8.54. The lowest BCUT2D eigenvalue weighted by Gasteiger charge is -2.15. The molecule has 1 saturated heterocycles. The van der Waals surface area contributed by atoms with Crippen LogP contribution in [0.25, 0.3) is 0 Å². The molecule has 112 valence electrons. The van der Waals surface area contributed by atoms with Gasteiger partial charge >= 0.3 is 0 Å². The molecule has 1 aliphatic heterocycles. The van der Waals surface area contributed by atoms with Gasteiger partial charge in [-0.05, 0) is 64.9 Å². The summed E-state index contributed by atoms with van der Waals surface area (Å²) < 4.78 is 5.59. The molecule has 5 heteroatoms. The lowest BCUT2D eigenvalue weighted by Crippen LogP contribution is -2.22. The van der Waals surface area contributed by atoms with Gasteiger partial charge in [0.25, 0.3) is 0 Å². The zero-order valence-electron chi connectivity index (χ0n) is 12.6. The molecule has 0 spiro atoms. The highest BCUT2D eigenvalue weighted by atomic mass is 16.5. The molecule has 1 aliphatic rings. The van der Waals surface area contributed by atoms with Crippen LogP contribution in [0.5, 0.6) is 5.88 Å². The molecule has 0 bridgehead atoms. The summed E-state index contributed by atoms with van der Waals surface area (Å²) >= 11 is 0. The first-order valence-electron chi connectivity index (χ1n) is 7.54. The van der Waals surface area contributed by atoms with Crippen LogP contribution in [0.4, 0.5) is 11.5 Å². The van der Waals surface area contributed by atoms with Crippen LogP contribution in [0, 0.1) is 0 Å². The Morgan fingerprint density at radius 1 is 1.35 bits per heavy atom. The maximum absolute atomic E-state index is 5.85. The first-order chi connectivity index (χ1) is 9.65. The molecule has 0 aromatic carbocycles. The Hall–Kier alpha value is -1.49. The van der Waals surface area contributed by atoms with Crippen LogP contribution in [0.15, 0.2) is 12.1 Å². The molecular formula is C15H26N4O. The fraction of sp³-hybridized carbons (Fsp3) is 0.667. The van der Waals surface area contributed by atoms with Gasteiger partial charge in [0.05, 0.1) is 11.8 Å². The van der Waals surface area contributed by atoms with Gasteiger partial charge in [-0.3, -0.25) is 0 Å². The second-order valence-electron chi connectivity index (χ2n) is 5.59. The fourth-order valence-electron chi connectivity index (χ4n) is 2.39. The van der Waals surface area contributed by atoms with E-state index in [1.165, 1.54) is 25.9 Å². The molecule has 0 atom stereocenters. The van der Waals surface area contributed by atoms with Crippen LogP contribution in [0.1, 0.15) is 33.1 Å². The average molecular weight is 278 g/mol. The van der Waals surface area contributed by atoms with Crippen LogP contribution in [-0.2, 0) is 0 Å². The van der Waals surface area contributed by atoms with E-state index in [0.29, 0.717) is 11.6 Å². The van der Waals surface area contributed by atoms with Gasteiger partial charge in [-0.15, -0.1) is 0 Å². The van der Waals surface area contributed by atoms with Crippen molar-refractivity contribution < 1.29 is 4.74 Å². The van der Waals surface area contributed by atoms with Crippen LogP contribution in [0.3, 0.4) is 0 Å². The van der Waals surface area contributed by atoms with Crippen LogP contribution in [-0.4, -0.2) is 42.2 Å². The van der Waals surface area contributed by atoms with Crippen LogP contribution >= 0.6 is 0 Å². The Labute approximate surface area is 121 Å². The Morgan fingerprint density at radius 3 is 2.80 bits per heavy atom. The SMILES string of the molecule is CC(C)Oc1nc(NCCCN2CCCC2)ccc1N. The summed E-state index contributed by atoms with van der Waals surface area (Å²) in [6.07, 6.45) is 3.91. The number of nitrogens with one attached hydrogen (secondary N) is 1. The summed E-state index contributed by atoms with van der Waals surface area (Å²) in [4.78, 5) is 6.93. The summed E-state index contributed by atoms with van der Waals surface area (Å²) in [5.74, 6) is 1.35. The lowest BCUT2D eigenvalue weighted by molar-refractivity contribution is 0.234. The first kappa shape index (κ1) is 14.9. The van der Waals surface area contributed by atoms with Gasteiger partial charge in [0.2, 0.25) is 5.88 Å². The molecule has 3 N–H and O–H groups in total. The third-order valence-corrected chi connectivity index (χ3v) is 3.39. The molecule has 2 rings (SSSR count). The predicted octanol–water partition coefficient (Wildman–Crippen LogP) is 2.35. The Bertz CT molecular complexity index is 416. The number of nitrogens with two attached hydrogens (primary N) is 1. The van der Waals surface area contributed by atoms with E-state index in [0.717, 1.165) is 25.3 Å². The number of hydrogen-bond acceptors (Lipinski definition) is 5. The molecular weight excluding hydrogens is 252 g/mol. The lowest BCUT2D eigenvalue weighted by atomic mass is 10.3. The van der Waals surface area contributed by atoms with Crippen LogP contribution in [0.2, 0.25) is 0 Å². The van der Waals surface area contributed by atoms with Crippen molar-refractivity contribution in [2.45, 2.75) is 39.2 Å². The van der Waals surface area contributed by atoms with Crippen molar-refractivity contribution in [3.05, 3.63) is 12.1 Å². The molecule has 0 unspecified atom stereocenters. The Morgan fingerprint density at radius 2 is 2.10 bits per heavy atom. The molecule has 0 radical (unpaired) electrons. The zero-order valence-corrected chi connectivity index (χ0v) is 12.6. The van der Waals surface area contributed by atoms with Gasteiger partial charge < -0.3 is 20.7 Å². The quantitative estimate of drug-likeness (QED) is 0.750. The minimum absolute atomic E-state index is 0.0789. The maximum Gasteiger partial charge on any atom is 0.239 e. The van der Waals surface area contributed by atoms with E-state index in [4.69, 9.17) is 10.5 Å². The number of nitrogens with zero attached hydrogens (tertiary/aromatic N) is 2. The van der Waals surface area contributed by atoms with Gasteiger partial charge in [-0.1, -0.05) is 0 Å². The smallest absolute Gasteiger partial charge is 0.239 e. The van der Waals surface area contributed by atoms with Crippen molar-refractivity contribution in [2.24, 2.45) is 0 Å². The van der Waals surface area contributed by atoms with Gasteiger partial charge in [0.1, 0.15) is 5.82 Å². The van der Waals surface area contributed by atoms with Gasteiger partial charge in [0, 0.05) is 6.54 Å². The summed E-state index contributed by atoms with van der Waals surface area (Å²) in [7, 11) is 0. The van der Waals surface area contributed by atoms with E-state index in [-0.39, 0.29) is 6.10 Å². The number of hydrogen-bond donors (Lipinski definition) is 2. The normalized spacial score (nSPS) is 15.8.